The summed E-state index contributed by atoms with van der Waals surface area (Å²) in [6.45, 7) is -0.238. The normalized spacial score (nSPS) is 13.2. The van der Waals surface area contributed by atoms with Gasteiger partial charge in [-0.15, -0.1) is 0 Å². The molecule has 0 radical (unpaired) electrons. The first-order valence-electron chi connectivity index (χ1n) is 5.17. The molecule has 0 unspecified atom stereocenters. The SMILES string of the molecule is N[C@@H](CNS(=O)(=O)NCc1ccccc1)C(=O)O. The van der Waals surface area contributed by atoms with Crippen LogP contribution in [0.15, 0.2) is 30.3 Å². The Bertz CT molecular complexity index is 489. The van der Waals surface area contributed by atoms with Crippen LogP contribution in [0.5, 0.6) is 0 Å². The van der Waals surface area contributed by atoms with E-state index >= 15 is 0 Å². The summed E-state index contributed by atoms with van der Waals surface area (Å²) in [5, 5.41) is 8.51. The summed E-state index contributed by atoms with van der Waals surface area (Å²) < 4.78 is 27.3. The van der Waals surface area contributed by atoms with Crippen LogP contribution in [0.1, 0.15) is 5.56 Å². The lowest BCUT2D eigenvalue weighted by Crippen LogP contribution is -2.45. The van der Waals surface area contributed by atoms with Crippen LogP contribution in [0.4, 0.5) is 0 Å². The molecule has 100 valence electrons. The summed E-state index contributed by atoms with van der Waals surface area (Å²) in [6.07, 6.45) is 0. The minimum absolute atomic E-state index is 0.123. The summed E-state index contributed by atoms with van der Waals surface area (Å²) in [7, 11) is -3.75. The molecule has 0 amide bonds. The molecular formula is C10H15N3O4S. The van der Waals surface area contributed by atoms with Gasteiger partial charge >= 0.3 is 5.97 Å². The minimum Gasteiger partial charge on any atom is -0.480 e. The van der Waals surface area contributed by atoms with Gasteiger partial charge < -0.3 is 10.8 Å². The van der Waals surface area contributed by atoms with Crippen LogP contribution in [0.2, 0.25) is 0 Å². The predicted molar refractivity (Wildman–Crippen MR) is 65.8 cm³/mol. The van der Waals surface area contributed by atoms with Crippen molar-refractivity contribution in [1.29, 1.82) is 0 Å². The van der Waals surface area contributed by atoms with Crippen molar-refractivity contribution in [2.45, 2.75) is 12.6 Å². The van der Waals surface area contributed by atoms with Gasteiger partial charge in [0, 0.05) is 13.1 Å². The smallest absolute Gasteiger partial charge is 0.321 e. The van der Waals surface area contributed by atoms with Crippen molar-refractivity contribution >= 4 is 16.2 Å². The van der Waals surface area contributed by atoms with Gasteiger partial charge in [-0.1, -0.05) is 30.3 Å². The number of nitrogens with one attached hydrogen (secondary N) is 2. The molecule has 1 atom stereocenters. The van der Waals surface area contributed by atoms with E-state index < -0.39 is 22.2 Å². The molecule has 0 heterocycles. The molecule has 0 saturated heterocycles. The number of carbonyl (C=O) groups is 1. The van der Waals surface area contributed by atoms with Gasteiger partial charge in [-0.05, 0) is 5.56 Å². The number of carboxylic acids is 1. The van der Waals surface area contributed by atoms with Crippen molar-refractivity contribution in [2.24, 2.45) is 5.73 Å². The average Bonchev–Trinajstić information content (AvgIpc) is 2.35. The standard InChI is InChI=1S/C10H15N3O4S/c11-9(10(14)15)7-13-18(16,17)12-6-8-4-2-1-3-5-8/h1-5,9,12-13H,6-7,11H2,(H,14,15)/t9-/m0/s1. The monoisotopic (exact) mass is 273 g/mol. The number of rotatable bonds is 7. The fourth-order valence-electron chi connectivity index (χ4n) is 1.11. The largest absolute Gasteiger partial charge is 0.480 e. The number of nitrogens with two attached hydrogens (primary N) is 1. The second-order valence-electron chi connectivity index (χ2n) is 3.60. The van der Waals surface area contributed by atoms with Crippen molar-refractivity contribution in [3.63, 3.8) is 0 Å². The Hall–Kier alpha value is -1.48. The molecule has 1 aromatic carbocycles. The zero-order chi connectivity index (χ0) is 13.6. The Morgan fingerprint density at radius 2 is 1.89 bits per heavy atom. The van der Waals surface area contributed by atoms with Crippen molar-refractivity contribution < 1.29 is 18.3 Å². The Balaban J connectivity index is 2.43. The topological polar surface area (TPSA) is 122 Å². The fourth-order valence-corrected chi connectivity index (χ4v) is 1.97. The van der Waals surface area contributed by atoms with Gasteiger partial charge in [0.05, 0.1) is 0 Å². The molecule has 8 heteroatoms. The van der Waals surface area contributed by atoms with Crippen LogP contribution >= 0.6 is 0 Å². The van der Waals surface area contributed by atoms with Gasteiger partial charge in [-0.25, -0.2) is 4.72 Å². The lowest BCUT2D eigenvalue weighted by Gasteiger charge is -2.10. The first kappa shape index (κ1) is 14.6. The van der Waals surface area contributed by atoms with Crippen LogP contribution < -0.4 is 15.2 Å². The van der Waals surface area contributed by atoms with Crippen LogP contribution in [0, 0.1) is 0 Å². The highest BCUT2D eigenvalue weighted by molar-refractivity contribution is 7.87. The Kier molecular flexibility index (Phi) is 5.23. The quantitative estimate of drug-likeness (QED) is 0.509. The summed E-state index contributed by atoms with van der Waals surface area (Å²) in [6, 6.07) is 7.67. The van der Waals surface area contributed by atoms with Gasteiger partial charge in [-0.3, -0.25) is 4.79 Å². The summed E-state index contributed by atoms with van der Waals surface area (Å²) in [4.78, 5) is 10.4. The minimum atomic E-state index is -3.75. The summed E-state index contributed by atoms with van der Waals surface area (Å²) in [5.74, 6) is -1.26. The molecule has 0 spiro atoms. The number of hydrogen-bond donors (Lipinski definition) is 4. The van der Waals surface area contributed by atoms with Crippen molar-refractivity contribution in [2.75, 3.05) is 6.54 Å². The Labute approximate surface area is 105 Å². The van der Waals surface area contributed by atoms with Crippen LogP contribution in [-0.4, -0.2) is 32.1 Å². The van der Waals surface area contributed by atoms with Crippen LogP contribution in [-0.2, 0) is 21.5 Å². The fraction of sp³-hybridized carbons (Fsp3) is 0.300. The van der Waals surface area contributed by atoms with E-state index in [9.17, 15) is 13.2 Å². The maximum atomic E-state index is 11.5. The third-order valence-corrected chi connectivity index (χ3v) is 3.19. The molecule has 1 rings (SSSR count). The van der Waals surface area contributed by atoms with E-state index in [1.54, 1.807) is 24.3 Å². The molecule has 0 aliphatic carbocycles. The van der Waals surface area contributed by atoms with Crippen molar-refractivity contribution in [3.8, 4) is 0 Å². The highest BCUT2D eigenvalue weighted by atomic mass is 32.2. The first-order valence-corrected chi connectivity index (χ1v) is 6.65. The van der Waals surface area contributed by atoms with E-state index in [2.05, 4.69) is 9.44 Å². The summed E-state index contributed by atoms with van der Waals surface area (Å²) >= 11 is 0. The third-order valence-electron chi connectivity index (χ3n) is 2.12. The number of carboxylic acid groups (broad SMARTS) is 1. The number of benzene rings is 1. The lowest BCUT2D eigenvalue weighted by atomic mass is 10.2. The predicted octanol–water partition coefficient (Wildman–Crippen LogP) is -0.977. The van der Waals surface area contributed by atoms with Gasteiger partial charge in [0.1, 0.15) is 6.04 Å². The zero-order valence-electron chi connectivity index (χ0n) is 9.54. The van der Waals surface area contributed by atoms with E-state index in [1.165, 1.54) is 0 Å². The molecule has 0 fully saturated rings. The van der Waals surface area contributed by atoms with E-state index in [0.29, 0.717) is 0 Å². The Morgan fingerprint density at radius 1 is 1.28 bits per heavy atom. The molecule has 0 aliphatic rings. The van der Waals surface area contributed by atoms with Crippen molar-refractivity contribution in [3.05, 3.63) is 35.9 Å². The van der Waals surface area contributed by atoms with Gasteiger partial charge in [0.15, 0.2) is 0 Å². The maximum Gasteiger partial charge on any atom is 0.321 e. The molecule has 0 saturated carbocycles. The molecule has 7 nitrogen and oxygen atoms in total. The number of aliphatic carboxylic acids is 1. The van der Waals surface area contributed by atoms with E-state index in [4.69, 9.17) is 10.8 Å². The molecule has 0 aliphatic heterocycles. The molecular weight excluding hydrogens is 258 g/mol. The highest BCUT2D eigenvalue weighted by Crippen LogP contribution is 1.97. The maximum absolute atomic E-state index is 11.5. The highest BCUT2D eigenvalue weighted by Gasteiger charge is 2.15. The van der Waals surface area contributed by atoms with E-state index in [0.717, 1.165) is 5.56 Å². The second kappa shape index (κ2) is 6.45. The van der Waals surface area contributed by atoms with Gasteiger partial charge in [-0.2, -0.15) is 13.1 Å². The second-order valence-corrected chi connectivity index (χ2v) is 5.19. The van der Waals surface area contributed by atoms with Gasteiger partial charge in [0.25, 0.3) is 10.2 Å². The molecule has 18 heavy (non-hydrogen) atoms. The average molecular weight is 273 g/mol. The Morgan fingerprint density at radius 3 is 2.44 bits per heavy atom. The van der Waals surface area contributed by atoms with Crippen LogP contribution in [0.3, 0.4) is 0 Å². The molecule has 5 N–H and O–H groups in total. The summed E-state index contributed by atoms with van der Waals surface area (Å²) in [5.41, 5.74) is 5.97. The zero-order valence-corrected chi connectivity index (χ0v) is 10.4. The van der Waals surface area contributed by atoms with Crippen LogP contribution in [0.25, 0.3) is 0 Å². The first-order chi connectivity index (χ1) is 8.41. The molecule has 0 bridgehead atoms. The van der Waals surface area contributed by atoms with E-state index in [1.807, 2.05) is 6.07 Å². The third kappa shape index (κ3) is 5.23. The van der Waals surface area contributed by atoms with Crippen molar-refractivity contribution in [1.82, 2.24) is 9.44 Å². The molecule has 1 aromatic rings. The number of hydrogen-bond acceptors (Lipinski definition) is 4. The lowest BCUT2D eigenvalue weighted by molar-refractivity contribution is -0.138. The van der Waals surface area contributed by atoms with Gasteiger partial charge in [0.2, 0.25) is 0 Å². The molecule has 0 aromatic heterocycles. The van der Waals surface area contributed by atoms with E-state index in [-0.39, 0.29) is 13.1 Å².